The number of benzene rings is 3. The second-order valence-electron chi connectivity index (χ2n) is 6.43. The maximum absolute atomic E-state index is 13.0. The van der Waals surface area contributed by atoms with Gasteiger partial charge in [0.15, 0.2) is 11.5 Å². The Hall–Kier alpha value is -3.21. The Morgan fingerprint density at radius 2 is 1.89 bits per heavy atom. The number of carbonyl (C=O) groups is 1. The Kier molecular flexibility index (Phi) is 4.59. The SMILES string of the molecule is CCCc1cc2c(cc1NC(=O)c1ccc3ccccc3c1OC)OCO2. The van der Waals surface area contributed by atoms with Crippen LogP contribution in [0.4, 0.5) is 5.69 Å². The highest BCUT2D eigenvalue weighted by atomic mass is 16.7. The average Bonchev–Trinajstić information content (AvgIpc) is 3.14. The third kappa shape index (κ3) is 3.16. The summed E-state index contributed by atoms with van der Waals surface area (Å²) in [4.78, 5) is 13.0. The summed E-state index contributed by atoms with van der Waals surface area (Å²) in [5, 5.41) is 4.96. The molecule has 3 aromatic carbocycles. The van der Waals surface area contributed by atoms with Gasteiger partial charge in [0.2, 0.25) is 6.79 Å². The molecular formula is C22H21NO4. The molecular weight excluding hydrogens is 342 g/mol. The number of hydrogen-bond acceptors (Lipinski definition) is 4. The van der Waals surface area contributed by atoms with Crippen LogP contribution >= 0.6 is 0 Å². The molecule has 1 heterocycles. The van der Waals surface area contributed by atoms with Crippen LogP contribution in [0.2, 0.25) is 0 Å². The van der Waals surface area contributed by atoms with Crippen molar-refractivity contribution in [1.29, 1.82) is 0 Å². The molecule has 0 aliphatic carbocycles. The van der Waals surface area contributed by atoms with E-state index in [1.165, 1.54) is 0 Å². The van der Waals surface area contributed by atoms with E-state index in [0.29, 0.717) is 17.1 Å². The molecule has 0 aromatic heterocycles. The number of amides is 1. The zero-order valence-electron chi connectivity index (χ0n) is 15.4. The van der Waals surface area contributed by atoms with E-state index in [1.54, 1.807) is 13.2 Å². The van der Waals surface area contributed by atoms with Crippen molar-refractivity contribution in [3.8, 4) is 17.2 Å². The highest BCUT2D eigenvalue weighted by molar-refractivity contribution is 6.10. The van der Waals surface area contributed by atoms with Gasteiger partial charge in [-0.15, -0.1) is 0 Å². The van der Waals surface area contributed by atoms with Gasteiger partial charge >= 0.3 is 0 Å². The summed E-state index contributed by atoms with van der Waals surface area (Å²) in [7, 11) is 1.58. The number of aryl methyl sites for hydroxylation is 1. The van der Waals surface area contributed by atoms with E-state index in [1.807, 2.05) is 42.5 Å². The largest absolute Gasteiger partial charge is 0.495 e. The zero-order valence-corrected chi connectivity index (χ0v) is 15.4. The minimum Gasteiger partial charge on any atom is -0.495 e. The summed E-state index contributed by atoms with van der Waals surface area (Å²) in [6, 6.07) is 15.3. The molecule has 27 heavy (non-hydrogen) atoms. The van der Waals surface area contributed by atoms with E-state index in [2.05, 4.69) is 12.2 Å². The summed E-state index contributed by atoms with van der Waals surface area (Å²) in [5.41, 5.74) is 2.26. The Labute approximate surface area is 157 Å². The first-order valence-electron chi connectivity index (χ1n) is 9.01. The molecule has 4 rings (SSSR count). The molecule has 5 nitrogen and oxygen atoms in total. The van der Waals surface area contributed by atoms with Crippen LogP contribution < -0.4 is 19.5 Å². The van der Waals surface area contributed by atoms with Crippen molar-refractivity contribution >= 4 is 22.4 Å². The molecule has 0 saturated heterocycles. The van der Waals surface area contributed by atoms with Gasteiger partial charge in [0.1, 0.15) is 5.75 Å². The van der Waals surface area contributed by atoms with Gasteiger partial charge in [-0.2, -0.15) is 0 Å². The van der Waals surface area contributed by atoms with Crippen LogP contribution in [0.1, 0.15) is 29.3 Å². The van der Waals surface area contributed by atoms with Crippen LogP contribution in [-0.4, -0.2) is 19.8 Å². The number of anilines is 1. The van der Waals surface area contributed by atoms with Gasteiger partial charge in [0.05, 0.1) is 12.7 Å². The molecule has 138 valence electrons. The van der Waals surface area contributed by atoms with Gasteiger partial charge in [0.25, 0.3) is 5.91 Å². The first-order chi connectivity index (χ1) is 13.2. The van der Waals surface area contributed by atoms with Gasteiger partial charge in [0, 0.05) is 17.1 Å². The van der Waals surface area contributed by atoms with E-state index in [4.69, 9.17) is 14.2 Å². The smallest absolute Gasteiger partial charge is 0.259 e. The molecule has 1 aliphatic rings. The maximum atomic E-state index is 13.0. The zero-order chi connectivity index (χ0) is 18.8. The van der Waals surface area contributed by atoms with E-state index < -0.39 is 0 Å². The summed E-state index contributed by atoms with van der Waals surface area (Å²) in [5.74, 6) is 1.73. The van der Waals surface area contributed by atoms with Crippen molar-refractivity contribution < 1.29 is 19.0 Å². The Bertz CT molecular complexity index is 1010. The Morgan fingerprint density at radius 1 is 1.11 bits per heavy atom. The van der Waals surface area contributed by atoms with E-state index in [-0.39, 0.29) is 12.7 Å². The first-order valence-corrected chi connectivity index (χ1v) is 9.01. The topological polar surface area (TPSA) is 56.8 Å². The van der Waals surface area contributed by atoms with Crippen LogP contribution in [0.5, 0.6) is 17.2 Å². The number of fused-ring (bicyclic) bond motifs is 2. The molecule has 1 aliphatic heterocycles. The maximum Gasteiger partial charge on any atom is 0.259 e. The number of carbonyl (C=O) groups excluding carboxylic acids is 1. The lowest BCUT2D eigenvalue weighted by Crippen LogP contribution is -2.14. The summed E-state index contributed by atoms with van der Waals surface area (Å²) < 4.78 is 16.5. The van der Waals surface area contributed by atoms with Gasteiger partial charge in [-0.25, -0.2) is 0 Å². The van der Waals surface area contributed by atoms with Crippen molar-refractivity contribution in [1.82, 2.24) is 0 Å². The van der Waals surface area contributed by atoms with Crippen molar-refractivity contribution in [3.63, 3.8) is 0 Å². The van der Waals surface area contributed by atoms with Crippen molar-refractivity contribution in [2.75, 3.05) is 19.2 Å². The van der Waals surface area contributed by atoms with E-state index >= 15 is 0 Å². The van der Waals surface area contributed by atoms with Gasteiger partial charge in [-0.1, -0.05) is 43.7 Å². The number of hydrogen-bond donors (Lipinski definition) is 1. The molecule has 0 spiro atoms. The molecule has 0 fully saturated rings. The molecule has 0 bridgehead atoms. The lowest BCUT2D eigenvalue weighted by molar-refractivity contribution is 0.102. The van der Waals surface area contributed by atoms with E-state index in [0.717, 1.165) is 40.6 Å². The third-order valence-electron chi connectivity index (χ3n) is 4.69. The minimum atomic E-state index is -0.214. The second-order valence-corrected chi connectivity index (χ2v) is 6.43. The number of ether oxygens (including phenoxy) is 3. The average molecular weight is 363 g/mol. The summed E-state index contributed by atoms with van der Waals surface area (Å²) in [6.07, 6.45) is 1.79. The summed E-state index contributed by atoms with van der Waals surface area (Å²) in [6.45, 7) is 2.30. The molecule has 3 aromatic rings. The fourth-order valence-corrected chi connectivity index (χ4v) is 3.41. The molecule has 5 heteroatoms. The minimum absolute atomic E-state index is 0.205. The first kappa shape index (κ1) is 17.2. The van der Waals surface area contributed by atoms with Crippen LogP contribution in [0.3, 0.4) is 0 Å². The highest BCUT2D eigenvalue weighted by Crippen LogP contribution is 2.38. The molecule has 1 amide bonds. The second kappa shape index (κ2) is 7.19. The molecule has 0 atom stereocenters. The lowest BCUT2D eigenvalue weighted by atomic mass is 10.0. The molecule has 0 unspecified atom stereocenters. The van der Waals surface area contributed by atoms with Crippen LogP contribution in [0, 0.1) is 0 Å². The van der Waals surface area contributed by atoms with Crippen LogP contribution in [0.15, 0.2) is 48.5 Å². The quantitative estimate of drug-likeness (QED) is 0.709. The standard InChI is InChI=1S/C22H21NO4/c1-3-6-15-11-19-20(27-13-26-19)12-18(15)23-22(24)17-10-9-14-7-4-5-8-16(14)21(17)25-2/h4-5,7-12H,3,6,13H2,1-2H3,(H,23,24). The van der Waals surface area contributed by atoms with Gasteiger partial charge < -0.3 is 19.5 Å². The van der Waals surface area contributed by atoms with Gasteiger partial charge in [-0.05, 0) is 29.5 Å². The number of nitrogens with one attached hydrogen (secondary N) is 1. The number of methoxy groups -OCH3 is 1. The van der Waals surface area contributed by atoms with Crippen LogP contribution in [0.25, 0.3) is 10.8 Å². The molecule has 0 radical (unpaired) electrons. The monoisotopic (exact) mass is 363 g/mol. The summed E-state index contributed by atoms with van der Waals surface area (Å²) >= 11 is 0. The van der Waals surface area contributed by atoms with Crippen molar-refractivity contribution in [2.24, 2.45) is 0 Å². The number of rotatable bonds is 5. The predicted molar refractivity (Wildman–Crippen MR) is 105 cm³/mol. The molecule has 0 saturated carbocycles. The highest BCUT2D eigenvalue weighted by Gasteiger charge is 2.20. The van der Waals surface area contributed by atoms with E-state index in [9.17, 15) is 4.79 Å². The Morgan fingerprint density at radius 3 is 2.67 bits per heavy atom. The Balaban J connectivity index is 1.72. The predicted octanol–water partition coefficient (Wildman–Crippen LogP) is 4.78. The van der Waals surface area contributed by atoms with Crippen LogP contribution in [-0.2, 0) is 6.42 Å². The third-order valence-corrected chi connectivity index (χ3v) is 4.69. The molecule has 1 N–H and O–H groups in total. The fraction of sp³-hybridized carbons (Fsp3) is 0.227. The van der Waals surface area contributed by atoms with Crippen molar-refractivity contribution in [2.45, 2.75) is 19.8 Å². The van der Waals surface area contributed by atoms with Gasteiger partial charge in [-0.3, -0.25) is 4.79 Å². The van der Waals surface area contributed by atoms with Crippen molar-refractivity contribution in [3.05, 3.63) is 59.7 Å². The fourth-order valence-electron chi connectivity index (χ4n) is 3.41. The lowest BCUT2D eigenvalue weighted by Gasteiger charge is -2.15. The normalized spacial score (nSPS) is 12.2.